The van der Waals surface area contributed by atoms with Gasteiger partial charge in [-0.15, -0.1) is 0 Å². The van der Waals surface area contributed by atoms with Crippen molar-refractivity contribution >= 4 is 5.97 Å². The molecule has 3 rings (SSSR count). The molecule has 0 aliphatic carbocycles. The molecule has 29 heavy (non-hydrogen) atoms. The van der Waals surface area contributed by atoms with Gasteiger partial charge >= 0.3 is 5.97 Å². The zero-order valence-electron chi connectivity index (χ0n) is 17.7. The highest BCUT2D eigenvalue weighted by atomic mass is 16.7. The quantitative estimate of drug-likeness (QED) is 0.783. The van der Waals surface area contributed by atoms with E-state index in [1.54, 1.807) is 0 Å². The summed E-state index contributed by atoms with van der Waals surface area (Å²) < 4.78 is 22.4. The summed E-state index contributed by atoms with van der Waals surface area (Å²) in [5.74, 6) is -0.294. The summed E-state index contributed by atoms with van der Waals surface area (Å²) in [6.45, 7) is 10.6. The van der Waals surface area contributed by atoms with Crippen LogP contribution in [0.25, 0.3) is 0 Å². The largest absolute Gasteiger partial charge is 0.487 e. The maximum absolute atomic E-state index is 11.1. The van der Waals surface area contributed by atoms with Crippen molar-refractivity contribution in [2.24, 2.45) is 5.92 Å². The maximum Gasteiger partial charge on any atom is 0.364 e. The van der Waals surface area contributed by atoms with Gasteiger partial charge in [-0.2, -0.15) is 0 Å². The number of benzene rings is 1. The zero-order chi connectivity index (χ0) is 21.2. The smallest absolute Gasteiger partial charge is 0.364 e. The minimum atomic E-state index is -1.54. The van der Waals surface area contributed by atoms with E-state index < -0.39 is 11.8 Å². The molecule has 0 unspecified atom stereocenters. The van der Waals surface area contributed by atoms with Crippen LogP contribution in [0.2, 0.25) is 0 Å². The summed E-state index contributed by atoms with van der Waals surface area (Å²) in [4.78, 5) is 15.7. The Morgan fingerprint density at radius 1 is 1.24 bits per heavy atom. The van der Waals surface area contributed by atoms with Crippen molar-refractivity contribution < 1.29 is 28.5 Å². The first-order valence-corrected chi connectivity index (χ1v) is 9.76. The fourth-order valence-electron chi connectivity index (χ4n) is 2.97. The van der Waals surface area contributed by atoms with Gasteiger partial charge in [0, 0.05) is 18.3 Å². The highest BCUT2D eigenvalue weighted by Crippen LogP contribution is 2.26. The number of rotatable bonds is 6. The number of aliphatic carboxylic acids is 1. The normalized spacial score (nSPS) is 22.4. The fraction of sp³-hybridized carbons (Fsp3) is 0.545. The molecule has 7 nitrogen and oxygen atoms in total. The van der Waals surface area contributed by atoms with Gasteiger partial charge in [0.25, 0.3) is 5.79 Å². The standard InChI is InChI=1S/C22H29NO6/c1-14-18(23-19(29-14)21(2,3)4)13-26-17-8-6-15(7-9-17)10-16-11-27-22(5,20(24)25)28-12-16/h6-9,16H,10-13H2,1-5H3,(H,24,25)/t16-,22-. The Kier molecular flexibility index (Phi) is 6.00. The lowest BCUT2D eigenvalue weighted by atomic mass is 9.97. The lowest BCUT2D eigenvalue weighted by Gasteiger charge is -2.34. The minimum Gasteiger partial charge on any atom is -0.487 e. The molecule has 2 heterocycles. The van der Waals surface area contributed by atoms with Gasteiger partial charge < -0.3 is 23.7 Å². The van der Waals surface area contributed by atoms with Crippen molar-refractivity contribution in [1.29, 1.82) is 0 Å². The number of aryl methyl sites for hydroxylation is 1. The van der Waals surface area contributed by atoms with Gasteiger partial charge in [-0.05, 0) is 31.0 Å². The summed E-state index contributed by atoms with van der Waals surface area (Å²) in [7, 11) is 0. The Labute approximate surface area is 171 Å². The van der Waals surface area contributed by atoms with Crippen molar-refractivity contribution in [1.82, 2.24) is 4.98 Å². The van der Waals surface area contributed by atoms with E-state index in [0.29, 0.717) is 25.7 Å². The predicted octanol–water partition coefficient (Wildman–Crippen LogP) is 3.87. The van der Waals surface area contributed by atoms with Crippen molar-refractivity contribution in [3.63, 3.8) is 0 Å². The first kappa shape index (κ1) is 21.3. The third-order valence-corrected chi connectivity index (χ3v) is 4.93. The number of nitrogens with zero attached hydrogens (tertiary/aromatic N) is 1. The van der Waals surface area contributed by atoms with Gasteiger partial charge in [0.05, 0.1) is 13.2 Å². The number of hydrogen-bond acceptors (Lipinski definition) is 6. The van der Waals surface area contributed by atoms with E-state index in [-0.39, 0.29) is 11.3 Å². The number of oxazole rings is 1. The van der Waals surface area contributed by atoms with Crippen LogP contribution in [-0.2, 0) is 32.7 Å². The van der Waals surface area contributed by atoms with Gasteiger partial charge in [0.15, 0.2) is 5.89 Å². The van der Waals surface area contributed by atoms with Crippen LogP contribution < -0.4 is 4.74 Å². The van der Waals surface area contributed by atoms with Gasteiger partial charge in [0.2, 0.25) is 0 Å². The number of carboxylic acid groups (broad SMARTS) is 1. The predicted molar refractivity (Wildman–Crippen MR) is 106 cm³/mol. The number of aromatic nitrogens is 1. The molecule has 0 atom stereocenters. The first-order chi connectivity index (χ1) is 13.6. The second-order valence-corrected chi connectivity index (χ2v) is 8.65. The van der Waals surface area contributed by atoms with E-state index in [2.05, 4.69) is 25.8 Å². The molecule has 0 radical (unpaired) electrons. The number of ether oxygens (including phenoxy) is 3. The molecule has 0 spiro atoms. The van der Waals surface area contributed by atoms with Crippen molar-refractivity contribution in [3.8, 4) is 5.75 Å². The molecule has 7 heteroatoms. The summed E-state index contributed by atoms with van der Waals surface area (Å²) >= 11 is 0. The molecule has 158 valence electrons. The maximum atomic E-state index is 11.1. The summed E-state index contributed by atoms with van der Waals surface area (Å²) in [6.07, 6.45) is 0.743. The SMILES string of the molecule is Cc1oc(C(C)(C)C)nc1COc1ccc(C[C@H]2CO[C@](C)(C(=O)O)OC2)cc1. The van der Waals surface area contributed by atoms with Crippen molar-refractivity contribution in [3.05, 3.63) is 47.2 Å². The Bertz CT molecular complexity index is 841. The molecule has 0 bridgehead atoms. The summed E-state index contributed by atoms with van der Waals surface area (Å²) in [5.41, 5.74) is 1.78. The fourth-order valence-corrected chi connectivity index (χ4v) is 2.97. The Morgan fingerprint density at radius 2 is 1.86 bits per heavy atom. The average Bonchev–Trinajstić information content (AvgIpc) is 3.04. The van der Waals surface area contributed by atoms with Crippen LogP contribution >= 0.6 is 0 Å². The molecule has 1 aromatic heterocycles. The Hall–Kier alpha value is -2.38. The van der Waals surface area contributed by atoms with Gasteiger partial charge in [-0.3, -0.25) is 0 Å². The van der Waals surface area contributed by atoms with E-state index in [4.69, 9.17) is 23.7 Å². The van der Waals surface area contributed by atoms with E-state index >= 15 is 0 Å². The van der Waals surface area contributed by atoms with Crippen LogP contribution in [0, 0.1) is 12.8 Å². The lowest BCUT2D eigenvalue weighted by molar-refractivity contribution is -0.270. The average molecular weight is 403 g/mol. The topological polar surface area (TPSA) is 91.0 Å². The van der Waals surface area contributed by atoms with Crippen LogP contribution in [-0.4, -0.2) is 35.1 Å². The summed E-state index contributed by atoms with van der Waals surface area (Å²) in [5, 5.41) is 9.12. The number of carbonyl (C=O) groups is 1. The molecule has 2 aromatic rings. The lowest BCUT2D eigenvalue weighted by Crippen LogP contribution is -2.48. The molecule has 1 aliphatic heterocycles. The molecule has 0 amide bonds. The highest BCUT2D eigenvalue weighted by Gasteiger charge is 2.40. The molecule has 1 aromatic carbocycles. The third kappa shape index (κ3) is 5.16. The molecule has 1 saturated heterocycles. The molecular formula is C22H29NO6. The molecule has 1 N–H and O–H groups in total. The van der Waals surface area contributed by atoms with E-state index in [1.807, 2.05) is 31.2 Å². The van der Waals surface area contributed by atoms with E-state index in [0.717, 1.165) is 29.2 Å². The van der Waals surface area contributed by atoms with Crippen LogP contribution in [0.4, 0.5) is 0 Å². The second-order valence-electron chi connectivity index (χ2n) is 8.65. The van der Waals surface area contributed by atoms with Crippen LogP contribution in [0.15, 0.2) is 28.7 Å². The van der Waals surface area contributed by atoms with Crippen molar-refractivity contribution in [2.45, 2.75) is 58.8 Å². The third-order valence-electron chi connectivity index (χ3n) is 4.93. The van der Waals surface area contributed by atoms with E-state index in [1.165, 1.54) is 6.92 Å². The number of hydrogen-bond donors (Lipinski definition) is 1. The monoisotopic (exact) mass is 403 g/mol. The number of carboxylic acids is 1. The molecule has 1 fully saturated rings. The Balaban J connectivity index is 1.52. The molecular weight excluding hydrogens is 374 g/mol. The second kappa shape index (κ2) is 8.16. The minimum absolute atomic E-state index is 0.114. The van der Waals surface area contributed by atoms with Crippen LogP contribution in [0.5, 0.6) is 5.75 Å². The molecule has 1 aliphatic rings. The van der Waals surface area contributed by atoms with Crippen LogP contribution in [0.3, 0.4) is 0 Å². The van der Waals surface area contributed by atoms with Gasteiger partial charge in [0.1, 0.15) is 23.8 Å². The zero-order valence-corrected chi connectivity index (χ0v) is 17.7. The van der Waals surface area contributed by atoms with Gasteiger partial charge in [-0.25, -0.2) is 9.78 Å². The first-order valence-electron chi connectivity index (χ1n) is 9.76. The Morgan fingerprint density at radius 3 is 2.38 bits per heavy atom. The summed E-state index contributed by atoms with van der Waals surface area (Å²) in [6, 6.07) is 7.83. The van der Waals surface area contributed by atoms with Crippen molar-refractivity contribution in [2.75, 3.05) is 13.2 Å². The van der Waals surface area contributed by atoms with E-state index in [9.17, 15) is 4.79 Å². The van der Waals surface area contributed by atoms with Crippen LogP contribution in [0.1, 0.15) is 50.6 Å². The van der Waals surface area contributed by atoms with Gasteiger partial charge in [-0.1, -0.05) is 32.9 Å². The highest BCUT2D eigenvalue weighted by molar-refractivity contribution is 5.75. The molecule has 0 saturated carbocycles.